The van der Waals surface area contributed by atoms with Gasteiger partial charge < -0.3 is 0 Å². The van der Waals surface area contributed by atoms with Crippen molar-refractivity contribution in [2.24, 2.45) is 0 Å². The molecule has 10 heteroatoms. The van der Waals surface area contributed by atoms with Crippen molar-refractivity contribution in [3.8, 4) is 10.6 Å². The van der Waals surface area contributed by atoms with E-state index in [9.17, 15) is 22.0 Å². The molecule has 136 valence electrons. The highest BCUT2D eigenvalue weighted by Crippen LogP contribution is 2.21. The number of halogens is 2. The molecule has 3 aromatic rings. The van der Waals surface area contributed by atoms with Gasteiger partial charge in [-0.2, -0.15) is 5.10 Å². The van der Waals surface area contributed by atoms with Crippen LogP contribution in [0, 0.1) is 11.6 Å². The van der Waals surface area contributed by atoms with Gasteiger partial charge in [-0.25, -0.2) is 26.6 Å². The third kappa shape index (κ3) is 4.03. The van der Waals surface area contributed by atoms with Crippen LogP contribution in [0.2, 0.25) is 0 Å². The quantitative estimate of drug-likeness (QED) is 0.692. The van der Waals surface area contributed by atoms with E-state index in [1.165, 1.54) is 17.4 Å². The summed E-state index contributed by atoms with van der Waals surface area (Å²) in [4.78, 5) is 12.1. The van der Waals surface area contributed by atoms with E-state index in [4.69, 9.17) is 0 Å². The minimum Gasteiger partial charge on any atom is -0.268 e. The summed E-state index contributed by atoms with van der Waals surface area (Å²) in [5.74, 6) is -2.06. The summed E-state index contributed by atoms with van der Waals surface area (Å²) in [5.41, 5.74) is 0.199. The van der Waals surface area contributed by atoms with Crippen LogP contribution in [0.3, 0.4) is 0 Å². The van der Waals surface area contributed by atoms with E-state index in [0.29, 0.717) is 11.8 Å². The van der Waals surface area contributed by atoms with Crippen molar-refractivity contribution < 1.29 is 17.2 Å². The van der Waals surface area contributed by atoms with Gasteiger partial charge in [-0.1, -0.05) is 6.07 Å². The molecule has 0 radical (unpaired) electrons. The van der Waals surface area contributed by atoms with Gasteiger partial charge >= 0.3 is 0 Å². The van der Waals surface area contributed by atoms with Gasteiger partial charge in [-0.3, -0.25) is 4.79 Å². The van der Waals surface area contributed by atoms with E-state index in [0.717, 1.165) is 21.7 Å². The van der Waals surface area contributed by atoms with E-state index >= 15 is 0 Å². The Labute approximate surface area is 151 Å². The fourth-order valence-electron chi connectivity index (χ4n) is 2.22. The van der Waals surface area contributed by atoms with Crippen LogP contribution in [-0.4, -0.2) is 24.7 Å². The molecule has 0 spiro atoms. The zero-order valence-corrected chi connectivity index (χ0v) is 14.9. The summed E-state index contributed by atoms with van der Waals surface area (Å²) in [5, 5.41) is 6.07. The fourth-order valence-corrected chi connectivity index (χ4v) is 3.99. The summed E-state index contributed by atoms with van der Waals surface area (Å²) in [6.45, 7) is -0.222. The van der Waals surface area contributed by atoms with Crippen LogP contribution in [0.4, 0.5) is 8.78 Å². The van der Waals surface area contributed by atoms with Gasteiger partial charge in [0.2, 0.25) is 10.0 Å². The van der Waals surface area contributed by atoms with Crippen LogP contribution in [0.1, 0.15) is 0 Å². The molecule has 0 aliphatic carbocycles. The molecule has 3 rings (SSSR count). The molecular formula is C16H13F2N3O3S2. The van der Waals surface area contributed by atoms with E-state index in [2.05, 4.69) is 9.82 Å². The number of nitrogens with one attached hydrogen (secondary N) is 1. The van der Waals surface area contributed by atoms with Crippen molar-refractivity contribution >= 4 is 21.4 Å². The Balaban J connectivity index is 1.73. The van der Waals surface area contributed by atoms with Crippen molar-refractivity contribution in [3.63, 3.8) is 0 Å². The topological polar surface area (TPSA) is 81.1 Å². The van der Waals surface area contributed by atoms with Gasteiger partial charge in [-0.15, -0.1) is 11.3 Å². The lowest BCUT2D eigenvalue weighted by atomic mass is 10.3. The summed E-state index contributed by atoms with van der Waals surface area (Å²) < 4.78 is 54.1. The maximum absolute atomic E-state index is 13.6. The van der Waals surface area contributed by atoms with Gasteiger partial charge in [0.1, 0.15) is 22.2 Å². The van der Waals surface area contributed by atoms with Crippen molar-refractivity contribution in [3.05, 3.63) is 69.8 Å². The first-order valence-electron chi connectivity index (χ1n) is 7.43. The number of sulfonamides is 1. The molecule has 2 heterocycles. The Kier molecular flexibility index (Phi) is 5.25. The lowest BCUT2D eigenvalue weighted by molar-refractivity contribution is 0.532. The van der Waals surface area contributed by atoms with Gasteiger partial charge in [0, 0.05) is 18.7 Å². The lowest BCUT2D eigenvalue weighted by Gasteiger charge is -2.09. The van der Waals surface area contributed by atoms with Gasteiger partial charge in [0.05, 0.1) is 11.4 Å². The van der Waals surface area contributed by atoms with Crippen molar-refractivity contribution in [2.75, 3.05) is 6.54 Å². The number of rotatable bonds is 6. The van der Waals surface area contributed by atoms with Gasteiger partial charge in [0.25, 0.3) is 5.56 Å². The molecule has 1 aromatic carbocycles. The first-order valence-corrected chi connectivity index (χ1v) is 9.80. The summed E-state index contributed by atoms with van der Waals surface area (Å²) in [7, 11) is -4.18. The average molecular weight is 397 g/mol. The summed E-state index contributed by atoms with van der Waals surface area (Å²) >= 11 is 1.46. The average Bonchev–Trinajstić information content (AvgIpc) is 3.10. The largest absolute Gasteiger partial charge is 0.268 e. The Hall–Kier alpha value is -2.43. The molecule has 0 bridgehead atoms. The molecule has 0 unspecified atom stereocenters. The Morgan fingerprint density at radius 3 is 2.65 bits per heavy atom. The van der Waals surface area contributed by atoms with Crippen LogP contribution >= 0.6 is 11.3 Å². The molecule has 26 heavy (non-hydrogen) atoms. The number of nitrogens with zero attached hydrogens (tertiary/aromatic N) is 2. The second kappa shape index (κ2) is 7.44. The molecule has 0 atom stereocenters. The smallest absolute Gasteiger partial charge is 0.266 e. The predicted octanol–water partition coefficient (Wildman–Crippen LogP) is 2.23. The molecule has 2 aromatic heterocycles. The first-order chi connectivity index (χ1) is 12.4. The van der Waals surface area contributed by atoms with Crippen molar-refractivity contribution in [1.29, 1.82) is 0 Å². The number of thiophene rings is 1. The van der Waals surface area contributed by atoms with Crippen molar-refractivity contribution in [1.82, 2.24) is 14.5 Å². The zero-order chi connectivity index (χ0) is 18.7. The van der Waals surface area contributed by atoms with Crippen LogP contribution < -0.4 is 10.3 Å². The van der Waals surface area contributed by atoms with Crippen molar-refractivity contribution in [2.45, 2.75) is 11.4 Å². The molecular weight excluding hydrogens is 384 g/mol. The molecule has 0 fully saturated rings. The Bertz CT molecular complexity index is 1080. The second-order valence-electron chi connectivity index (χ2n) is 5.23. The highest BCUT2D eigenvalue weighted by atomic mass is 32.2. The highest BCUT2D eigenvalue weighted by Gasteiger charge is 2.19. The monoisotopic (exact) mass is 397 g/mol. The normalized spacial score (nSPS) is 11.6. The lowest BCUT2D eigenvalue weighted by Crippen LogP contribution is -2.32. The van der Waals surface area contributed by atoms with Crippen LogP contribution in [0.15, 0.2) is 57.5 Å². The molecule has 6 nitrogen and oxygen atoms in total. The van der Waals surface area contributed by atoms with Gasteiger partial charge in [-0.05, 0) is 29.6 Å². The molecule has 1 N–H and O–H groups in total. The van der Waals surface area contributed by atoms with Crippen LogP contribution in [0.25, 0.3) is 10.6 Å². The molecule has 0 amide bonds. The minimum atomic E-state index is -4.18. The maximum atomic E-state index is 13.6. The standard InChI is InChI=1S/C16H13F2N3O3S2/c17-11-3-5-15(12(18)10-11)26(23,24)19-7-8-21-16(22)6-4-13(20-21)14-2-1-9-25-14/h1-6,9-10,19H,7-8H2. The number of aromatic nitrogens is 2. The second-order valence-corrected chi connectivity index (χ2v) is 7.91. The third-order valence-corrected chi connectivity index (χ3v) is 5.83. The van der Waals surface area contributed by atoms with E-state index in [1.807, 2.05) is 17.5 Å². The van der Waals surface area contributed by atoms with E-state index in [1.54, 1.807) is 6.07 Å². The molecule has 0 aliphatic rings. The van der Waals surface area contributed by atoms with Crippen LogP contribution in [-0.2, 0) is 16.6 Å². The first kappa shape index (κ1) is 18.4. The highest BCUT2D eigenvalue weighted by molar-refractivity contribution is 7.89. The Morgan fingerprint density at radius 1 is 1.15 bits per heavy atom. The summed E-state index contributed by atoms with van der Waals surface area (Å²) in [6, 6.07) is 8.82. The Morgan fingerprint density at radius 2 is 1.96 bits per heavy atom. The number of hydrogen-bond acceptors (Lipinski definition) is 5. The predicted molar refractivity (Wildman–Crippen MR) is 93.4 cm³/mol. The molecule has 0 saturated carbocycles. The molecule has 0 saturated heterocycles. The zero-order valence-electron chi connectivity index (χ0n) is 13.2. The SMILES string of the molecule is O=c1ccc(-c2cccs2)nn1CCNS(=O)(=O)c1ccc(F)cc1F. The summed E-state index contributed by atoms with van der Waals surface area (Å²) in [6.07, 6.45) is 0. The number of hydrogen-bond donors (Lipinski definition) is 1. The molecule has 0 aliphatic heterocycles. The number of benzene rings is 1. The minimum absolute atomic E-state index is 0.0416. The van der Waals surface area contributed by atoms with E-state index in [-0.39, 0.29) is 13.1 Å². The maximum Gasteiger partial charge on any atom is 0.266 e. The van der Waals surface area contributed by atoms with Gasteiger partial charge in [0.15, 0.2) is 0 Å². The third-order valence-electron chi connectivity index (χ3n) is 3.44. The fraction of sp³-hybridized carbons (Fsp3) is 0.125. The van der Waals surface area contributed by atoms with E-state index < -0.39 is 32.1 Å². The van der Waals surface area contributed by atoms with Crippen LogP contribution in [0.5, 0.6) is 0 Å².